The number of nitrogens with zero attached hydrogens (tertiary/aromatic N) is 1. The number of benzene rings is 3. The number of carbonyl (C=O) groups excluding carboxylic acids is 2. The standard InChI is InChI=1S/C19H25N3O2S.C9H11NO2/c1-14(2)24-18-11-9-17(10-12-18)21-25-22-19(23)20-15(3)13-16-7-5-4-6-8-16;1-10(7-11)8-3-5-9(12-2)6-4-8/h4-12,14-15,21H,13H2,1-3H3,(H2,20,22,23);3-7H,1-2H3. The SMILES string of the molecule is CC(Cc1ccccc1)NC(=O)NSNc1ccc(OC(C)C)cc1.COc1ccc(N(C)C=O)cc1. The molecular weight excluding hydrogens is 488 g/mol. The Bertz CT molecular complexity index is 1060. The summed E-state index contributed by atoms with van der Waals surface area (Å²) in [5, 5.41) is 2.91. The molecule has 0 aliphatic carbocycles. The van der Waals surface area contributed by atoms with E-state index in [1.807, 2.05) is 87.5 Å². The molecule has 8 nitrogen and oxygen atoms in total. The molecule has 37 heavy (non-hydrogen) atoms. The van der Waals surface area contributed by atoms with Gasteiger partial charge in [-0.25, -0.2) is 4.79 Å². The molecule has 3 amide bonds. The molecule has 0 aromatic heterocycles. The Balaban J connectivity index is 0.000000335. The van der Waals surface area contributed by atoms with Gasteiger partial charge in [0.1, 0.15) is 11.5 Å². The monoisotopic (exact) mass is 524 g/mol. The van der Waals surface area contributed by atoms with E-state index in [9.17, 15) is 9.59 Å². The fourth-order valence-corrected chi connectivity index (χ4v) is 3.61. The first-order valence-corrected chi connectivity index (χ1v) is 12.7. The lowest BCUT2D eigenvalue weighted by molar-refractivity contribution is -0.107. The lowest BCUT2D eigenvalue weighted by Crippen LogP contribution is -2.39. The van der Waals surface area contributed by atoms with Gasteiger partial charge in [0.05, 0.1) is 25.3 Å². The number of ether oxygens (including phenoxy) is 2. The molecule has 0 saturated carbocycles. The first-order chi connectivity index (χ1) is 17.8. The van der Waals surface area contributed by atoms with Crippen LogP contribution >= 0.6 is 12.1 Å². The Hall–Kier alpha value is -3.85. The van der Waals surface area contributed by atoms with Gasteiger partial charge in [0, 0.05) is 24.5 Å². The van der Waals surface area contributed by atoms with Crippen LogP contribution in [-0.2, 0) is 11.2 Å². The number of urea groups is 1. The van der Waals surface area contributed by atoms with E-state index < -0.39 is 0 Å². The first-order valence-electron chi connectivity index (χ1n) is 11.9. The fourth-order valence-electron chi connectivity index (χ4n) is 3.15. The predicted molar refractivity (Wildman–Crippen MR) is 152 cm³/mol. The minimum atomic E-state index is -0.222. The van der Waals surface area contributed by atoms with Gasteiger partial charge >= 0.3 is 6.03 Å². The largest absolute Gasteiger partial charge is 0.497 e. The van der Waals surface area contributed by atoms with Gasteiger partial charge in [0.25, 0.3) is 0 Å². The van der Waals surface area contributed by atoms with E-state index in [0.29, 0.717) is 0 Å². The molecule has 1 unspecified atom stereocenters. The van der Waals surface area contributed by atoms with Crippen molar-refractivity contribution in [2.24, 2.45) is 0 Å². The van der Waals surface area contributed by atoms with Crippen molar-refractivity contribution in [1.82, 2.24) is 10.0 Å². The van der Waals surface area contributed by atoms with Crippen LogP contribution in [0.1, 0.15) is 26.3 Å². The molecule has 9 heteroatoms. The topological polar surface area (TPSA) is 91.9 Å². The zero-order valence-electron chi connectivity index (χ0n) is 21.9. The number of rotatable bonds is 11. The number of hydrogen-bond donors (Lipinski definition) is 3. The van der Waals surface area contributed by atoms with Crippen molar-refractivity contribution in [3.63, 3.8) is 0 Å². The molecule has 0 saturated heterocycles. The maximum absolute atomic E-state index is 11.9. The molecular formula is C28H36N4O4S. The van der Waals surface area contributed by atoms with Gasteiger partial charge in [0.2, 0.25) is 6.41 Å². The minimum Gasteiger partial charge on any atom is -0.497 e. The van der Waals surface area contributed by atoms with Crippen LogP contribution in [-0.4, -0.2) is 38.7 Å². The molecule has 0 bridgehead atoms. The molecule has 0 aliphatic heterocycles. The van der Waals surface area contributed by atoms with E-state index in [1.54, 1.807) is 14.2 Å². The third kappa shape index (κ3) is 11.6. The van der Waals surface area contributed by atoms with E-state index in [4.69, 9.17) is 9.47 Å². The summed E-state index contributed by atoms with van der Waals surface area (Å²) in [6.07, 6.45) is 1.71. The van der Waals surface area contributed by atoms with Crippen molar-refractivity contribution >= 4 is 35.9 Å². The first kappa shape index (κ1) is 29.4. The predicted octanol–water partition coefficient (Wildman–Crippen LogP) is 5.67. The van der Waals surface area contributed by atoms with Crippen molar-refractivity contribution in [3.8, 4) is 11.5 Å². The van der Waals surface area contributed by atoms with Gasteiger partial charge in [-0.05, 0) is 81.3 Å². The van der Waals surface area contributed by atoms with Crippen LogP contribution < -0.4 is 29.1 Å². The molecule has 198 valence electrons. The van der Waals surface area contributed by atoms with Crippen LogP contribution in [0.3, 0.4) is 0 Å². The van der Waals surface area contributed by atoms with E-state index in [0.717, 1.165) is 47.8 Å². The van der Waals surface area contributed by atoms with Crippen molar-refractivity contribution in [2.75, 3.05) is 23.8 Å². The molecule has 0 aliphatic rings. The van der Waals surface area contributed by atoms with E-state index in [-0.39, 0.29) is 18.2 Å². The summed E-state index contributed by atoms with van der Waals surface area (Å²) in [5.74, 6) is 1.61. The van der Waals surface area contributed by atoms with Crippen molar-refractivity contribution < 1.29 is 19.1 Å². The number of anilines is 2. The Morgan fingerprint density at radius 1 is 0.946 bits per heavy atom. The van der Waals surface area contributed by atoms with Crippen molar-refractivity contribution in [2.45, 2.75) is 39.3 Å². The lowest BCUT2D eigenvalue weighted by Gasteiger charge is -2.15. The maximum atomic E-state index is 11.9. The van der Waals surface area contributed by atoms with E-state index >= 15 is 0 Å². The molecule has 0 radical (unpaired) electrons. The molecule has 0 fully saturated rings. The minimum absolute atomic E-state index is 0.0514. The molecule has 0 spiro atoms. The molecule has 3 aromatic rings. The average Bonchev–Trinajstić information content (AvgIpc) is 2.90. The highest BCUT2D eigenvalue weighted by Gasteiger charge is 2.08. The number of amides is 3. The van der Waals surface area contributed by atoms with E-state index in [1.165, 1.54) is 10.5 Å². The molecule has 3 aromatic carbocycles. The zero-order valence-corrected chi connectivity index (χ0v) is 22.7. The van der Waals surface area contributed by atoms with Gasteiger partial charge in [-0.1, -0.05) is 30.3 Å². The van der Waals surface area contributed by atoms with E-state index in [2.05, 4.69) is 26.9 Å². The Kier molecular flexibility index (Phi) is 12.7. The highest BCUT2D eigenvalue weighted by Crippen LogP contribution is 2.19. The summed E-state index contributed by atoms with van der Waals surface area (Å²) >= 11 is 1.13. The van der Waals surface area contributed by atoms with Crippen LogP contribution in [0.25, 0.3) is 0 Å². The van der Waals surface area contributed by atoms with Crippen LogP contribution in [0.4, 0.5) is 16.2 Å². The summed E-state index contributed by atoms with van der Waals surface area (Å²) in [7, 11) is 3.31. The van der Waals surface area contributed by atoms with Crippen LogP contribution in [0.15, 0.2) is 78.9 Å². The normalized spacial score (nSPS) is 10.9. The molecule has 3 rings (SSSR count). The highest BCUT2D eigenvalue weighted by atomic mass is 32.2. The van der Waals surface area contributed by atoms with Gasteiger partial charge in [-0.15, -0.1) is 0 Å². The van der Waals surface area contributed by atoms with Crippen LogP contribution in [0.2, 0.25) is 0 Å². The average molecular weight is 525 g/mol. The van der Waals surface area contributed by atoms with Crippen LogP contribution in [0.5, 0.6) is 11.5 Å². The van der Waals surface area contributed by atoms with Crippen molar-refractivity contribution in [1.29, 1.82) is 0 Å². The highest BCUT2D eigenvalue weighted by molar-refractivity contribution is 7.99. The molecule has 3 N–H and O–H groups in total. The summed E-state index contributed by atoms with van der Waals surface area (Å²) in [6, 6.07) is 24.8. The molecule has 1 atom stereocenters. The van der Waals surface area contributed by atoms with Crippen molar-refractivity contribution in [3.05, 3.63) is 84.4 Å². The quantitative estimate of drug-likeness (QED) is 0.221. The van der Waals surface area contributed by atoms with Gasteiger partial charge in [-0.2, -0.15) is 0 Å². The third-order valence-corrected chi connectivity index (χ3v) is 5.56. The second kappa shape index (κ2) is 16.0. The number of nitrogens with one attached hydrogen (secondary N) is 3. The Morgan fingerprint density at radius 2 is 1.57 bits per heavy atom. The number of carbonyl (C=O) groups is 2. The Labute approximate surface area is 224 Å². The third-order valence-electron chi connectivity index (χ3n) is 4.94. The number of hydrogen-bond acceptors (Lipinski definition) is 6. The van der Waals surface area contributed by atoms with Gasteiger partial charge in [-0.3, -0.25) is 9.52 Å². The smallest absolute Gasteiger partial charge is 0.326 e. The summed E-state index contributed by atoms with van der Waals surface area (Å²) < 4.78 is 16.4. The Morgan fingerprint density at radius 3 is 2.14 bits per heavy atom. The zero-order chi connectivity index (χ0) is 27.0. The maximum Gasteiger partial charge on any atom is 0.326 e. The summed E-state index contributed by atoms with van der Waals surface area (Å²) in [5.41, 5.74) is 2.94. The summed E-state index contributed by atoms with van der Waals surface area (Å²) in [4.78, 5) is 23.8. The molecule has 0 heterocycles. The van der Waals surface area contributed by atoms with Gasteiger partial charge in [0.15, 0.2) is 0 Å². The lowest BCUT2D eigenvalue weighted by atomic mass is 10.1. The second-order valence-electron chi connectivity index (χ2n) is 8.48. The number of methoxy groups -OCH3 is 1. The second-order valence-corrected chi connectivity index (χ2v) is 9.09. The summed E-state index contributed by atoms with van der Waals surface area (Å²) in [6.45, 7) is 5.96. The van der Waals surface area contributed by atoms with Crippen LogP contribution in [0, 0.1) is 0 Å². The fraction of sp³-hybridized carbons (Fsp3) is 0.286. The van der Waals surface area contributed by atoms with Gasteiger partial charge < -0.3 is 24.4 Å².